The van der Waals surface area contributed by atoms with Crippen molar-refractivity contribution >= 4 is 5.84 Å². The second kappa shape index (κ2) is 6.65. The highest BCUT2D eigenvalue weighted by molar-refractivity contribution is 5.82. The van der Waals surface area contributed by atoms with Crippen molar-refractivity contribution in [1.82, 2.24) is 4.90 Å². The van der Waals surface area contributed by atoms with Crippen molar-refractivity contribution in [2.75, 3.05) is 13.6 Å². The molecule has 0 spiro atoms. The van der Waals surface area contributed by atoms with Crippen molar-refractivity contribution in [2.24, 2.45) is 16.8 Å². The maximum absolute atomic E-state index is 8.52. The van der Waals surface area contributed by atoms with Crippen LogP contribution in [0.5, 0.6) is 0 Å². The summed E-state index contributed by atoms with van der Waals surface area (Å²) >= 11 is 0. The Labute approximate surface area is 86.8 Å². The number of hydrogen-bond acceptors (Lipinski definition) is 3. The molecule has 1 atom stereocenters. The Balaban J connectivity index is 4.10. The highest BCUT2D eigenvalue weighted by Crippen LogP contribution is 2.08. The lowest BCUT2D eigenvalue weighted by molar-refractivity contribution is 0.215. The summed E-state index contributed by atoms with van der Waals surface area (Å²) in [6.07, 6.45) is 2.27. The third kappa shape index (κ3) is 3.96. The Kier molecular flexibility index (Phi) is 6.28. The largest absolute Gasteiger partial charge is 0.409 e. The van der Waals surface area contributed by atoms with Crippen molar-refractivity contribution in [3.05, 3.63) is 0 Å². The smallest absolute Gasteiger partial charge is 0.143 e. The van der Waals surface area contributed by atoms with Crippen LogP contribution >= 0.6 is 0 Å². The van der Waals surface area contributed by atoms with Crippen molar-refractivity contribution in [3.8, 4) is 0 Å². The first-order valence-corrected chi connectivity index (χ1v) is 5.24. The lowest BCUT2D eigenvalue weighted by Crippen LogP contribution is -2.38. The van der Waals surface area contributed by atoms with Crippen molar-refractivity contribution < 1.29 is 5.21 Å². The summed E-state index contributed by atoms with van der Waals surface area (Å²) in [4.78, 5) is 2.27. The highest BCUT2D eigenvalue weighted by Gasteiger charge is 2.15. The molecule has 1 unspecified atom stereocenters. The van der Waals surface area contributed by atoms with E-state index in [2.05, 4.69) is 31.0 Å². The molecule has 0 amide bonds. The van der Waals surface area contributed by atoms with Crippen LogP contribution in [0.15, 0.2) is 5.16 Å². The lowest BCUT2D eigenvalue weighted by atomic mass is 10.1. The number of hydrogen-bond donors (Lipinski definition) is 2. The molecular weight excluding hydrogens is 178 g/mol. The highest BCUT2D eigenvalue weighted by atomic mass is 16.4. The fourth-order valence-corrected chi connectivity index (χ4v) is 1.69. The molecule has 84 valence electrons. The summed E-state index contributed by atoms with van der Waals surface area (Å²) in [7, 11) is 2.08. The number of amidine groups is 1. The first-order valence-electron chi connectivity index (χ1n) is 5.24. The van der Waals surface area contributed by atoms with Gasteiger partial charge in [0.1, 0.15) is 5.84 Å². The molecule has 0 aromatic heterocycles. The van der Waals surface area contributed by atoms with Gasteiger partial charge in [-0.2, -0.15) is 0 Å². The van der Waals surface area contributed by atoms with Crippen LogP contribution in [0.3, 0.4) is 0 Å². The molecule has 0 aliphatic rings. The van der Waals surface area contributed by atoms with Gasteiger partial charge in [0.05, 0.1) is 0 Å². The van der Waals surface area contributed by atoms with Gasteiger partial charge in [-0.25, -0.2) is 0 Å². The van der Waals surface area contributed by atoms with Crippen LogP contribution in [0.1, 0.15) is 33.6 Å². The normalized spacial score (nSPS) is 15.1. The van der Waals surface area contributed by atoms with E-state index in [-0.39, 0.29) is 5.92 Å². The standard InChI is InChI=1S/C10H23N3O/c1-5-9(6-2)13(4)7-8(3)10(11)12-14/h8-9,14H,5-7H2,1-4H3,(H2,11,12). The Morgan fingerprint density at radius 2 is 1.93 bits per heavy atom. The molecule has 0 rings (SSSR count). The number of nitrogens with two attached hydrogens (primary N) is 1. The van der Waals surface area contributed by atoms with Gasteiger partial charge >= 0.3 is 0 Å². The number of nitrogens with zero attached hydrogens (tertiary/aromatic N) is 2. The quantitative estimate of drug-likeness (QED) is 0.296. The second-order valence-corrected chi connectivity index (χ2v) is 3.84. The molecule has 0 radical (unpaired) electrons. The molecule has 4 heteroatoms. The van der Waals surface area contributed by atoms with E-state index in [1.807, 2.05) is 6.92 Å². The van der Waals surface area contributed by atoms with E-state index < -0.39 is 0 Å². The zero-order valence-electron chi connectivity index (χ0n) is 9.70. The SMILES string of the molecule is CCC(CC)N(C)CC(C)/C(N)=N/O. The van der Waals surface area contributed by atoms with Gasteiger partial charge in [0.25, 0.3) is 0 Å². The van der Waals surface area contributed by atoms with Gasteiger partial charge in [-0.05, 0) is 19.9 Å². The van der Waals surface area contributed by atoms with Gasteiger partial charge in [-0.15, -0.1) is 0 Å². The molecule has 4 nitrogen and oxygen atoms in total. The minimum absolute atomic E-state index is 0.102. The average Bonchev–Trinajstić information content (AvgIpc) is 2.18. The molecule has 0 saturated carbocycles. The molecule has 3 N–H and O–H groups in total. The second-order valence-electron chi connectivity index (χ2n) is 3.84. The van der Waals surface area contributed by atoms with Crippen LogP contribution in [0.25, 0.3) is 0 Å². The van der Waals surface area contributed by atoms with Gasteiger partial charge in [0.15, 0.2) is 0 Å². The zero-order chi connectivity index (χ0) is 11.1. The van der Waals surface area contributed by atoms with Gasteiger partial charge in [0, 0.05) is 18.5 Å². The van der Waals surface area contributed by atoms with Crippen LogP contribution < -0.4 is 5.73 Å². The predicted octanol–water partition coefficient (Wildman–Crippen LogP) is 1.49. The Hall–Kier alpha value is -0.770. The Morgan fingerprint density at radius 1 is 1.43 bits per heavy atom. The van der Waals surface area contributed by atoms with Gasteiger partial charge in [-0.3, -0.25) is 0 Å². The van der Waals surface area contributed by atoms with E-state index >= 15 is 0 Å². The number of rotatable bonds is 6. The van der Waals surface area contributed by atoms with Crippen molar-refractivity contribution in [1.29, 1.82) is 0 Å². The molecule has 0 heterocycles. The molecular formula is C10H23N3O. The van der Waals surface area contributed by atoms with Crippen LogP contribution in [-0.2, 0) is 0 Å². The van der Waals surface area contributed by atoms with Crippen molar-refractivity contribution in [3.63, 3.8) is 0 Å². The average molecular weight is 201 g/mol. The first-order chi connectivity index (χ1) is 6.56. The van der Waals surface area contributed by atoms with Crippen LogP contribution in [0, 0.1) is 5.92 Å². The van der Waals surface area contributed by atoms with Crippen LogP contribution in [0.4, 0.5) is 0 Å². The van der Waals surface area contributed by atoms with Crippen LogP contribution in [-0.4, -0.2) is 35.6 Å². The maximum Gasteiger partial charge on any atom is 0.143 e. The minimum atomic E-state index is 0.102. The van der Waals surface area contributed by atoms with Crippen molar-refractivity contribution in [2.45, 2.75) is 39.7 Å². The van der Waals surface area contributed by atoms with E-state index in [0.717, 1.165) is 19.4 Å². The first kappa shape index (κ1) is 13.2. The molecule has 0 bridgehead atoms. The lowest BCUT2D eigenvalue weighted by Gasteiger charge is -2.28. The topological polar surface area (TPSA) is 61.8 Å². The minimum Gasteiger partial charge on any atom is -0.409 e. The molecule has 0 fully saturated rings. The summed E-state index contributed by atoms with van der Waals surface area (Å²) in [6, 6.07) is 0.587. The Bertz CT molecular complexity index is 178. The monoisotopic (exact) mass is 201 g/mol. The third-order valence-corrected chi connectivity index (χ3v) is 2.75. The van der Waals surface area contributed by atoms with E-state index in [0.29, 0.717) is 11.9 Å². The fraction of sp³-hybridized carbons (Fsp3) is 0.900. The molecule has 0 aliphatic heterocycles. The molecule has 0 saturated heterocycles. The molecule has 0 aromatic carbocycles. The number of oxime groups is 1. The summed E-state index contributed by atoms with van der Waals surface area (Å²) in [5.74, 6) is 0.411. The van der Waals surface area contributed by atoms with E-state index in [1.54, 1.807) is 0 Å². The maximum atomic E-state index is 8.52. The summed E-state index contributed by atoms with van der Waals surface area (Å²) in [5, 5.41) is 11.5. The third-order valence-electron chi connectivity index (χ3n) is 2.75. The van der Waals surface area contributed by atoms with Crippen LogP contribution in [0.2, 0.25) is 0 Å². The van der Waals surface area contributed by atoms with E-state index in [4.69, 9.17) is 10.9 Å². The van der Waals surface area contributed by atoms with Gasteiger partial charge < -0.3 is 15.8 Å². The molecule has 14 heavy (non-hydrogen) atoms. The molecule has 0 aliphatic carbocycles. The molecule has 0 aromatic rings. The van der Waals surface area contributed by atoms with E-state index in [9.17, 15) is 0 Å². The van der Waals surface area contributed by atoms with Gasteiger partial charge in [-0.1, -0.05) is 25.9 Å². The fourth-order valence-electron chi connectivity index (χ4n) is 1.69. The Morgan fingerprint density at radius 3 is 2.29 bits per heavy atom. The summed E-state index contributed by atoms with van der Waals surface area (Å²) in [5.41, 5.74) is 5.52. The predicted molar refractivity (Wildman–Crippen MR) is 59.6 cm³/mol. The van der Waals surface area contributed by atoms with E-state index in [1.165, 1.54) is 0 Å². The van der Waals surface area contributed by atoms with Gasteiger partial charge in [0.2, 0.25) is 0 Å². The zero-order valence-corrected chi connectivity index (χ0v) is 9.70. The summed E-state index contributed by atoms with van der Waals surface area (Å²) < 4.78 is 0. The summed E-state index contributed by atoms with van der Waals surface area (Å²) in [6.45, 7) is 7.16.